The molecule has 19 heavy (non-hydrogen) atoms. The fourth-order valence-corrected chi connectivity index (χ4v) is 3.96. The van der Waals surface area contributed by atoms with Crippen molar-refractivity contribution in [2.45, 2.75) is 18.8 Å². The summed E-state index contributed by atoms with van der Waals surface area (Å²) in [4.78, 5) is 15.2. The van der Waals surface area contributed by atoms with Crippen LogP contribution in [0.15, 0.2) is 24.5 Å². The third-order valence-electron chi connectivity index (χ3n) is 3.61. The monoisotopic (exact) mass is 278 g/mol. The van der Waals surface area contributed by atoms with E-state index < -0.39 is 9.84 Å². The number of aromatic nitrogens is 2. The number of imidazole rings is 1. The number of aldehydes is 1. The molecule has 3 heterocycles. The van der Waals surface area contributed by atoms with Crippen molar-refractivity contribution in [3.8, 4) is 0 Å². The van der Waals surface area contributed by atoms with Gasteiger partial charge in [0.15, 0.2) is 0 Å². The van der Waals surface area contributed by atoms with Crippen molar-refractivity contribution < 1.29 is 13.2 Å². The molecule has 2 aromatic heterocycles. The van der Waals surface area contributed by atoms with Crippen molar-refractivity contribution in [3.63, 3.8) is 0 Å². The van der Waals surface area contributed by atoms with Crippen molar-refractivity contribution in [2.75, 3.05) is 11.5 Å². The van der Waals surface area contributed by atoms with Gasteiger partial charge in [-0.1, -0.05) is 0 Å². The van der Waals surface area contributed by atoms with E-state index in [4.69, 9.17) is 0 Å². The molecule has 0 aromatic carbocycles. The van der Waals surface area contributed by atoms with Crippen molar-refractivity contribution in [3.05, 3.63) is 35.8 Å². The Labute approximate surface area is 111 Å². The lowest BCUT2D eigenvalue weighted by atomic mass is 10.00. The van der Waals surface area contributed by atoms with Gasteiger partial charge in [0.2, 0.25) is 0 Å². The summed E-state index contributed by atoms with van der Waals surface area (Å²) in [6.07, 6.45) is 5.78. The maximum atomic E-state index is 11.4. The molecule has 0 radical (unpaired) electrons. The fourth-order valence-electron chi connectivity index (χ4n) is 2.47. The number of pyridine rings is 1. The average molecular weight is 278 g/mol. The molecule has 1 fully saturated rings. The van der Waals surface area contributed by atoms with Gasteiger partial charge < -0.3 is 4.40 Å². The molecular formula is C13H14N2O3S. The first-order valence-corrected chi connectivity index (χ1v) is 8.04. The van der Waals surface area contributed by atoms with Crippen molar-refractivity contribution in [2.24, 2.45) is 0 Å². The van der Waals surface area contributed by atoms with Gasteiger partial charge in [0.1, 0.15) is 21.8 Å². The number of fused-ring (bicyclic) bond motifs is 1. The molecule has 0 saturated carbocycles. The third kappa shape index (κ3) is 2.40. The predicted octanol–water partition coefficient (Wildman–Crippen LogP) is 1.44. The van der Waals surface area contributed by atoms with Gasteiger partial charge in [-0.05, 0) is 25.0 Å². The van der Waals surface area contributed by atoms with Crippen LogP contribution in [-0.4, -0.2) is 35.6 Å². The zero-order valence-corrected chi connectivity index (χ0v) is 11.1. The lowest BCUT2D eigenvalue weighted by Crippen LogP contribution is -2.22. The van der Waals surface area contributed by atoms with Crippen LogP contribution in [0.2, 0.25) is 0 Å². The molecule has 1 aliphatic heterocycles. The Morgan fingerprint density at radius 1 is 1.32 bits per heavy atom. The standard InChI is InChI=1S/C13H14N2O3S/c16-9-10-1-4-15-8-12(14-13(15)7-10)11-2-5-19(17,18)6-3-11/h1,4,7-9,11H,2-3,5-6H2. The molecule has 0 atom stereocenters. The Kier molecular flexibility index (Phi) is 2.89. The maximum Gasteiger partial charge on any atom is 0.150 e. The minimum Gasteiger partial charge on any atom is -0.307 e. The van der Waals surface area contributed by atoms with Crippen molar-refractivity contribution in [1.29, 1.82) is 0 Å². The van der Waals surface area contributed by atoms with Crippen LogP contribution in [0.3, 0.4) is 0 Å². The summed E-state index contributed by atoms with van der Waals surface area (Å²) in [5.41, 5.74) is 2.24. The van der Waals surface area contributed by atoms with Gasteiger partial charge in [-0.2, -0.15) is 0 Å². The Morgan fingerprint density at radius 3 is 2.74 bits per heavy atom. The molecule has 2 aromatic rings. The highest BCUT2D eigenvalue weighted by Crippen LogP contribution is 2.28. The second-order valence-electron chi connectivity index (χ2n) is 4.94. The van der Waals surface area contributed by atoms with E-state index in [0.29, 0.717) is 18.4 Å². The van der Waals surface area contributed by atoms with E-state index in [9.17, 15) is 13.2 Å². The summed E-state index contributed by atoms with van der Waals surface area (Å²) in [6.45, 7) is 0. The van der Waals surface area contributed by atoms with Gasteiger partial charge in [0.25, 0.3) is 0 Å². The van der Waals surface area contributed by atoms with E-state index in [1.165, 1.54) is 0 Å². The van der Waals surface area contributed by atoms with Gasteiger partial charge >= 0.3 is 0 Å². The van der Waals surface area contributed by atoms with E-state index in [1.54, 1.807) is 18.3 Å². The van der Waals surface area contributed by atoms with Crippen LogP contribution >= 0.6 is 0 Å². The van der Waals surface area contributed by atoms with Gasteiger partial charge in [0, 0.05) is 23.9 Å². The molecule has 1 aliphatic rings. The number of hydrogen-bond acceptors (Lipinski definition) is 4. The first-order chi connectivity index (χ1) is 9.07. The first kappa shape index (κ1) is 12.3. The Morgan fingerprint density at radius 2 is 2.05 bits per heavy atom. The summed E-state index contributed by atoms with van der Waals surface area (Å²) < 4.78 is 24.7. The Bertz CT molecular complexity index is 719. The minimum atomic E-state index is -2.85. The summed E-state index contributed by atoms with van der Waals surface area (Å²) >= 11 is 0. The quantitative estimate of drug-likeness (QED) is 0.779. The number of nitrogens with zero attached hydrogens (tertiary/aromatic N) is 2. The molecule has 0 spiro atoms. The highest BCUT2D eigenvalue weighted by atomic mass is 32.2. The third-order valence-corrected chi connectivity index (χ3v) is 5.33. The lowest BCUT2D eigenvalue weighted by Gasteiger charge is -2.19. The van der Waals surface area contributed by atoms with Gasteiger partial charge in [-0.25, -0.2) is 13.4 Å². The largest absolute Gasteiger partial charge is 0.307 e. The smallest absolute Gasteiger partial charge is 0.150 e. The second-order valence-corrected chi connectivity index (χ2v) is 7.24. The van der Waals surface area contributed by atoms with E-state index in [-0.39, 0.29) is 17.4 Å². The van der Waals surface area contributed by atoms with Crippen LogP contribution in [0.1, 0.15) is 34.8 Å². The van der Waals surface area contributed by atoms with E-state index in [1.807, 2.05) is 10.6 Å². The second kappa shape index (κ2) is 4.45. The number of hydrogen-bond donors (Lipinski definition) is 0. The molecule has 100 valence electrons. The van der Waals surface area contributed by atoms with Crippen LogP contribution in [0.5, 0.6) is 0 Å². The summed E-state index contributed by atoms with van der Waals surface area (Å²) in [5, 5.41) is 0. The topological polar surface area (TPSA) is 68.5 Å². The normalized spacial score (nSPS) is 19.6. The molecule has 0 N–H and O–H groups in total. The summed E-state index contributed by atoms with van der Waals surface area (Å²) in [6, 6.07) is 3.47. The molecule has 0 unspecified atom stereocenters. The van der Waals surface area contributed by atoms with E-state index in [2.05, 4.69) is 4.98 Å². The molecular weight excluding hydrogens is 264 g/mol. The zero-order valence-electron chi connectivity index (χ0n) is 10.3. The lowest BCUT2D eigenvalue weighted by molar-refractivity contribution is 0.112. The van der Waals surface area contributed by atoms with Gasteiger partial charge in [-0.3, -0.25) is 4.79 Å². The molecule has 0 aliphatic carbocycles. The van der Waals surface area contributed by atoms with Crippen LogP contribution < -0.4 is 0 Å². The molecule has 5 nitrogen and oxygen atoms in total. The molecule has 0 amide bonds. The SMILES string of the molecule is O=Cc1ccn2cc(C3CCS(=O)(=O)CC3)nc2c1. The van der Waals surface area contributed by atoms with Crippen LogP contribution in [-0.2, 0) is 9.84 Å². The summed E-state index contributed by atoms with van der Waals surface area (Å²) in [7, 11) is -2.85. The molecule has 0 bridgehead atoms. The minimum absolute atomic E-state index is 0.197. The summed E-state index contributed by atoms with van der Waals surface area (Å²) in [5.74, 6) is 0.680. The zero-order chi connectivity index (χ0) is 13.5. The van der Waals surface area contributed by atoms with Crippen LogP contribution in [0.25, 0.3) is 5.65 Å². The van der Waals surface area contributed by atoms with E-state index in [0.717, 1.165) is 17.6 Å². The van der Waals surface area contributed by atoms with Crippen molar-refractivity contribution in [1.82, 2.24) is 9.38 Å². The Hall–Kier alpha value is -1.69. The van der Waals surface area contributed by atoms with Gasteiger partial charge in [-0.15, -0.1) is 0 Å². The predicted molar refractivity (Wildman–Crippen MR) is 71.2 cm³/mol. The maximum absolute atomic E-state index is 11.4. The van der Waals surface area contributed by atoms with Crippen LogP contribution in [0, 0.1) is 0 Å². The molecule has 6 heteroatoms. The number of carbonyl (C=O) groups is 1. The van der Waals surface area contributed by atoms with Gasteiger partial charge in [0.05, 0.1) is 17.2 Å². The van der Waals surface area contributed by atoms with E-state index >= 15 is 0 Å². The number of rotatable bonds is 2. The highest BCUT2D eigenvalue weighted by Gasteiger charge is 2.26. The van der Waals surface area contributed by atoms with Crippen LogP contribution in [0.4, 0.5) is 0 Å². The van der Waals surface area contributed by atoms with Crippen molar-refractivity contribution >= 4 is 21.8 Å². The number of carbonyl (C=O) groups excluding carboxylic acids is 1. The fraction of sp³-hybridized carbons (Fsp3) is 0.385. The molecule has 3 rings (SSSR count). The Balaban J connectivity index is 1.91. The highest BCUT2D eigenvalue weighted by molar-refractivity contribution is 7.91. The average Bonchev–Trinajstić information content (AvgIpc) is 2.81. The number of sulfone groups is 1. The first-order valence-electron chi connectivity index (χ1n) is 6.22. The molecule has 1 saturated heterocycles.